The number of hydrogen-bond acceptors (Lipinski definition) is 4. The van der Waals surface area contributed by atoms with E-state index in [0.717, 1.165) is 37.1 Å². The van der Waals surface area contributed by atoms with Crippen LogP contribution < -0.4 is 5.32 Å². The van der Waals surface area contributed by atoms with Crippen LogP contribution in [0.1, 0.15) is 36.2 Å². The molecule has 0 unspecified atom stereocenters. The summed E-state index contributed by atoms with van der Waals surface area (Å²) in [6, 6.07) is 12.2. The second-order valence-electron chi connectivity index (χ2n) is 9.42. The molecule has 8 heteroatoms. The first kappa shape index (κ1) is 22.2. The number of hydrogen-bond donors (Lipinski definition) is 1. The van der Waals surface area contributed by atoms with E-state index in [0.29, 0.717) is 29.1 Å². The lowest BCUT2D eigenvalue weighted by atomic mass is 9.94. The molecule has 1 amide bonds. The fraction of sp³-hybridized carbons (Fsp3) is 0.296. The third-order valence-electron chi connectivity index (χ3n) is 7.44. The Balaban J connectivity index is 1.32. The van der Waals surface area contributed by atoms with E-state index < -0.39 is 5.82 Å². The van der Waals surface area contributed by atoms with Crippen LogP contribution in [0.3, 0.4) is 0 Å². The van der Waals surface area contributed by atoms with Gasteiger partial charge in [-0.2, -0.15) is 0 Å². The van der Waals surface area contributed by atoms with Gasteiger partial charge in [-0.15, -0.1) is 0 Å². The molecular weight excluding hydrogens is 465 g/mol. The van der Waals surface area contributed by atoms with Crippen LogP contribution in [-0.4, -0.2) is 50.3 Å². The summed E-state index contributed by atoms with van der Waals surface area (Å²) in [6.45, 7) is 2.92. The van der Waals surface area contributed by atoms with E-state index in [1.807, 2.05) is 34.9 Å². The highest BCUT2D eigenvalue weighted by atomic mass is 35.5. The number of carbonyl (C=O) groups is 1. The zero-order valence-electron chi connectivity index (χ0n) is 19.2. The van der Waals surface area contributed by atoms with Crippen molar-refractivity contribution in [2.75, 3.05) is 19.6 Å². The van der Waals surface area contributed by atoms with Crippen LogP contribution in [0.15, 0.2) is 61.1 Å². The molecular formula is C27H25ClFN5O. The molecule has 0 radical (unpaired) electrons. The molecule has 2 fully saturated rings. The number of halogens is 2. The van der Waals surface area contributed by atoms with Gasteiger partial charge in [0.25, 0.3) is 5.91 Å². The van der Waals surface area contributed by atoms with E-state index in [4.69, 9.17) is 11.6 Å². The summed E-state index contributed by atoms with van der Waals surface area (Å²) >= 11 is 6.03. The Morgan fingerprint density at radius 1 is 1.09 bits per heavy atom. The van der Waals surface area contributed by atoms with Crippen LogP contribution in [-0.2, 0) is 0 Å². The highest BCUT2D eigenvalue weighted by Gasteiger charge is 2.44. The number of rotatable bonds is 5. The molecule has 5 heterocycles. The lowest BCUT2D eigenvalue weighted by Gasteiger charge is -2.32. The molecule has 1 aromatic carbocycles. The molecule has 0 spiro atoms. The SMILES string of the molecule is O=C(NCC12CCCN1CCC2)c1cnc2ccc(-c3cccnc3-c3ccc(F)c(Cl)c3)cn12. The molecule has 35 heavy (non-hydrogen) atoms. The summed E-state index contributed by atoms with van der Waals surface area (Å²) in [6.07, 6.45) is 9.89. The number of amides is 1. The third-order valence-corrected chi connectivity index (χ3v) is 7.73. The van der Waals surface area contributed by atoms with Gasteiger partial charge in [-0.1, -0.05) is 17.7 Å². The summed E-state index contributed by atoms with van der Waals surface area (Å²) < 4.78 is 15.5. The second-order valence-corrected chi connectivity index (χ2v) is 9.83. The van der Waals surface area contributed by atoms with Gasteiger partial charge in [-0.05, 0) is 75.2 Å². The molecule has 6 nitrogen and oxygen atoms in total. The molecule has 178 valence electrons. The zero-order chi connectivity index (χ0) is 24.0. The maximum absolute atomic E-state index is 13.7. The van der Waals surface area contributed by atoms with E-state index in [1.165, 1.54) is 18.9 Å². The number of carbonyl (C=O) groups excluding carboxylic acids is 1. The number of imidazole rings is 1. The number of pyridine rings is 2. The molecule has 4 aromatic rings. The van der Waals surface area contributed by atoms with Crippen molar-refractivity contribution >= 4 is 23.2 Å². The van der Waals surface area contributed by atoms with Gasteiger partial charge >= 0.3 is 0 Å². The van der Waals surface area contributed by atoms with E-state index >= 15 is 0 Å². The first-order chi connectivity index (χ1) is 17.0. The molecule has 0 bridgehead atoms. The fourth-order valence-corrected chi connectivity index (χ4v) is 5.85. The summed E-state index contributed by atoms with van der Waals surface area (Å²) in [7, 11) is 0. The standard InChI is InChI=1S/C27H25ClFN5O/c28-21-14-18(5-7-22(21)29)25-20(4-1-11-30-25)19-6-8-24-31-15-23(34(24)16-19)26(35)32-17-27-9-2-12-33(27)13-3-10-27/h1,4-8,11,14-16H,2-3,9-10,12-13,17H2,(H,32,35). The van der Waals surface area contributed by atoms with Gasteiger partial charge in [-0.25, -0.2) is 9.37 Å². The zero-order valence-corrected chi connectivity index (χ0v) is 19.9. The molecule has 0 aliphatic carbocycles. The van der Waals surface area contributed by atoms with Crippen molar-refractivity contribution in [3.63, 3.8) is 0 Å². The number of nitrogens with one attached hydrogen (secondary N) is 1. The first-order valence-electron chi connectivity index (χ1n) is 12.0. The molecule has 0 saturated carbocycles. The second kappa shape index (κ2) is 8.73. The van der Waals surface area contributed by atoms with E-state index in [-0.39, 0.29) is 16.5 Å². The van der Waals surface area contributed by atoms with Crippen LogP contribution >= 0.6 is 11.6 Å². The van der Waals surface area contributed by atoms with Crippen molar-refractivity contribution in [3.05, 3.63) is 77.6 Å². The van der Waals surface area contributed by atoms with Crippen LogP contribution in [0.5, 0.6) is 0 Å². The summed E-state index contributed by atoms with van der Waals surface area (Å²) in [5, 5.41) is 3.23. The van der Waals surface area contributed by atoms with Crippen LogP contribution in [0.4, 0.5) is 4.39 Å². The third kappa shape index (κ3) is 3.89. The topological polar surface area (TPSA) is 62.5 Å². The summed E-state index contributed by atoms with van der Waals surface area (Å²) in [5.41, 5.74) is 4.41. The first-order valence-corrected chi connectivity index (χ1v) is 12.3. The molecule has 3 aromatic heterocycles. The minimum atomic E-state index is -0.471. The quantitative estimate of drug-likeness (QED) is 0.418. The Morgan fingerprint density at radius 2 is 1.89 bits per heavy atom. The molecule has 2 aliphatic rings. The molecule has 6 rings (SSSR count). The van der Waals surface area contributed by atoms with Gasteiger partial charge in [0, 0.05) is 41.2 Å². The fourth-order valence-electron chi connectivity index (χ4n) is 5.67. The minimum Gasteiger partial charge on any atom is -0.349 e. The van der Waals surface area contributed by atoms with Crippen molar-refractivity contribution in [2.45, 2.75) is 31.2 Å². The maximum atomic E-state index is 13.7. The predicted octanol–water partition coefficient (Wildman–Crippen LogP) is 5.21. The Bertz CT molecular complexity index is 1420. The van der Waals surface area contributed by atoms with Crippen molar-refractivity contribution in [3.8, 4) is 22.4 Å². The van der Waals surface area contributed by atoms with Gasteiger partial charge in [0.1, 0.15) is 17.2 Å². The van der Waals surface area contributed by atoms with Gasteiger partial charge in [0.2, 0.25) is 0 Å². The maximum Gasteiger partial charge on any atom is 0.269 e. The van der Waals surface area contributed by atoms with Gasteiger partial charge in [0.15, 0.2) is 0 Å². The summed E-state index contributed by atoms with van der Waals surface area (Å²) in [4.78, 5) is 24.7. The Morgan fingerprint density at radius 3 is 2.69 bits per heavy atom. The van der Waals surface area contributed by atoms with Crippen molar-refractivity contribution in [1.82, 2.24) is 24.6 Å². The lowest BCUT2D eigenvalue weighted by Crippen LogP contribution is -2.48. The largest absolute Gasteiger partial charge is 0.349 e. The smallest absolute Gasteiger partial charge is 0.269 e. The van der Waals surface area contributed by atoms with Crippen molar-refractivity contribution in [1.29, 1.82) is 0 Å². The molecule has 2 saturated heterocycles. The molecule has 2 aliphatic heterocycles. The normalized spacial score (nSPS) is 17.1. The number of aromatic nitrogens is 3. The highest BCUT2D eigenvalue weighted by Crippen LogP contribution is 2.38. The van der Waals surface area contributed by atoms with Crippen molar-refractivity contribution in [2.24, 2.45) is 0 Å². The number of benzene rings is 1. The van der Waals surface area contributed by atoms with E-state index in [1.54, 1.807) is 24.5 Å². The average molecular weight is 490 g/mol. The van der Waals surface area contributed by atoms with Crippen LogP contribution in [0.2, 0.25) is 5.02 Å². The lowest BCUT2D eigenvalue weighted by molar-refractivity contribution is 0.0913. The average Bonchev–Trinajstić information content (AvgIpc) is 3.58. The predicted molar refractivity (Wildman–Crippen MR) is 134 cm³/mol. The Hall–Kier alpha value is -3.29. The highest BCUT2D eigenvalue weighted by molar-refractivity contribution is 6.31. The Labute approximate surface area is 207 Å². The number of nitrogens with zero attached hydrogens (tertiary/aromatic N) is 4. The van der Waals surface area contributed by atoms with Crippen LogP contribution in [0, 0.1) is 5.82 Å². The Kier molecular flexibility index (Phi) is 5.54. The van der Waals surface area contributed by atoms with Crippen molar-refractivity contribution < 1.29 is 9.18 Å². The van der Waals surface area contributed by atoms with E-state index in [9.17, 15) is 9.18 Å². The molecule has 0 atom stereocenters. The minimum absolute atomic E-state index is 0.0469. The van der Waals surface area contributed by atoms with E-state index in [2.05, 4.69) is 20.2 Å². The van der Waals surface area contributed by atoms with Gasteiger partial charge < -0.3 is 5.32 Å². The number of fused-ring (bicyclic) bond motifs is 2. The monoisotopic (exact) mass is 489 g/mol. The molecule has 1 N–H and O–H groups in total. The summed E-state index contributed by atoms with van der Waals surface area (Å²) in [5.74, 6) is -0.597. The van der Waals surface area contributed by atoms with Gasteiger partial charge in [-0.3, -0.25) is 19.1 Å². The van der Waals surface area contributed by atoms with Gasteiger partial charge in [0.05, 0.1) is 16.9 Å². The van der Waals surface area contributed by atoms with Crippen LogP contribution in [0.25, 0.3) is 28.0 Å².